The number of benzene rings is 2. The molecule has 0 saturated heterocycles. The molecule has 0 amide bonds. The minimum absolute atomic E-state index is 0.246. The zero-order valence-corrected chi connectivity index (χ0v) is 10.0. The average Bonchev–Trinajstić information content (AvgIpc) is 2.31. The van der Waals surface area contributed by atoms with Crippen molar-refractivity contribution in [2.75, 3.05) is 0 Å². The average molecular weight is 230 g/mol. The van der Waals surface area contributed by atoms with Gasteiger partial charge in [0.2, 0.25) is 0 Å². The van der Waals surface area contributed by atoms with E-state index in [9.17, 15) is 4.39 Å². The fraction of sp³-hybridized carbons (Fsp3) is 0.200. The van der Waals surface area contributed by atoms with Crippen molar-refractivity contribution >= 4 is 0 Å². The van der Waals surface area contributed by atoms with E-state index in [1.807, 2.05) is 6.07 Å². The maximum atomic E-state index is 12.7. The zero-order chi connectivity index (χ0) is 12.3. The van der Waals surface area contributed by atoms with Crippen LogP contribution >= 0.6 is 0 Å². The Morgan fingerprint density at radius 1 is 0.941 bits per heavy atom. The number of aryl methyl sites for hydroxylation is 2. The van der Waals surface area contributed by atoms with Gasteiger partial charge in [-0.2, -0.15) is 0 Å². The lowest BCUT2D eigenvalue weighted by molar-refractivity contribution is 0.304. The molecule has 2 aromatic carbocycles. The standard InChI is InChI=1S/C15H15FO/c1-11-4-3-5-12(2)15(11)10-17-14-8-6-13(16)7-9-14/h3-9H,10H2,1-2H3. The van der Waals surface area contributed by atoms with Gasteiger partial charge in [0.25, 0.3) is 0 Å². The summed E-state index contributed by atoms with van der Waals surface area (Å²) in [5, 5.41) is 0. The van der Waals surface area contributed by atoms with Crippen LogP contribution in [-0.4, -0.2) is 0 Å². The molecule has 0 N–H and O–H groups in total. The third-order valence-electron chi connectivity index (χ3n) is 2.84. The largest absolute Gasteiger partial charge is 0.489 e. The number of hydrogen-bond donors (Lipinski definition) is 0. The van der Waals surface area contributed by atoms with Gasteiger partial charge < -0.3 is 4.74 Å². The fourth-order valence-corrected chi connectivity index (χ4v) is 1.76. The number of rotatable bonds is 3. The SMILES string of the molecule is Cc1cccc(C)c1COc1ccc(F)cc1. The molecule has 2 rings (SSSR count). The first-order valence-electron chi connectivity index (χ1n) is 5.60. The summed E-state index contributed by atoms with van der Waals surface area (Å²) in [5.41, 5.74) is 3.62. The first kappa shape index (κ1) is 11.6. The number of halogens is 1. The minimum atomic E-state index is -0.246. The molecule has 0 bridgehead atoms. The van der Waals surface area contributed by atoms with E-state index in [-0.39, 0.29) is 5.82 Å². The van der Waals surface area contributed by atoms with Gasteiger partial charge in [0.05, 0.1) is 0 Å². The third-order valence-corrected chi connectivity index (χ3v) is 2.84. The molecule has 0 unspecified atom stereocenters. The van der Waals surface area contributed by atoms with Gasteiger partial charge in [-0.25, -0.2) is 4.39 Å². The lowest BCUT2D eigenvalue weighted by atomic mass is 10.0. The van der Waals surface area contributed by atoms with Gasteiger partial charge in [0.15, 0.2) is 0 Å². The van der Waals surface area contributed by atoms with E-state index in [4.69, 9.17) is 4.74 Å². The maximum Gasteiger partial charge on any atom is 0.123 e. The van der Waals surface area contributed by atoms with E-state index in [0.29, 0.717) is 12.4 Å². The van der Waals surface area contributed by atoms with Crippen molar-refractivity contribution in [3.8, 4) is 5.75 Å². The molecule has 2 aromatic rings. The zero-order valence-electron chi connectivity index (χ0n) is 10.0. The Bertz CT molecular complexity index is 483. The molecule has 1 nitrogen and oxygen atoms in total. The van der Waals surface area contributed by atoms with Crippen LogP contribution in [0.15, 0.2) is 42.5 Å². The van der Waals surface area contributed by atoms with Crippen molar-refractivity contribution in [3.63, 3.8) is 0 Å². The molecule has 0 aliphatic heterocycles. The lowest BCUT2D eigenvalue weighted by Crippen LogP contribution is -2.00. The first-order chi connectivity index (χ1) is 8.16. The van der Waals surface area contributed by atoms with Gasteiger partial charge in [0.1, 0.15) is 18.2 Å². The van der Waals surface area contributed by atoms with E-state index in [1.54, 1.807) is 12.1 Å². The molecule has 0 fully saturated rings. The second-order valence-electron chi connectivity index (χ2n) is 4.11. The Morgan fingerprint density at radius 2 is 1.53 bits per heavy atom. The summed E-state index contributed by atoms with van der Waals surface area (Å²) in [4.78, 5) is 0. The minimum Gasteiger partial charge on any atom is -0.489 e. The summed E-state index contributed by atoms with van der Waals surface area (Å²) in [6, 6.07) is 12.3. The van der Waals surface area contributed by atoms with Crippen LogP contribution in [0, 0.1) is 19.7 Å². The van der Waals surface area contributed by atoms with Gasteiger partial charge in [0, 0.05) is 0 Å². The summed E-state index contributed by atoms with van der Waals surface area (Å²) >= 11 is 0. The summed E-state index contributed by atoms with van der Waals surface area (Å²) in [7, 11) is 0. The van der Waals surface area contributed by atoms with Crippen molar-refractivity contribution in [3.05, 3.63) is 65.0 Å². The van der Waals surface area contributed by atoms with E-state index in [1.165, 1.54) is 28.8 Å². The molecule has 0 radical (unpaired) electrons. The summed E-state index contributed by atoms with van der Waals surface area (Å²) in [6.45, 7) is 4.65. The molecule has 0 aromatic heterocycles. The van der Waals surface area contributed by atoms with E-state index >= 15 is 0 Å². The summed E-state index contributed by atoms with van der Waals surface area (Å²) < 4.78 is 18.4. The van der Waals surface area contributed by atoms with E-state index in [0.717, 1.165) is 0 Å². The Morgan fingerprint density at radius 3 is 2.12 bits per heavy atom. The molecule has 17 heavy (non-hydrogen) atoms. The molecule has 0 saturated carbocycles. The van der Waals surface area contributed by atoms with Gasteiger partial charge in [-0.15, -0.1) is 0 Å². The third kappa shape index (κ3) is 2.84. The van der Waals surface area contributed by atoms with Crippen LogP contribution in [0.4, 0.5) is 4.39 Å². The first-order valence-corrected chi connectivity index (χ1v) is 5.60. The van der Waals surface area contributed by atoms with Crippen molar-refractivity contribution < 1.29 is 9.13 Å². The Hall–Kier alpha value is -1.83. The topological polar surface area (TPSA) is 9.23 Å². The van der Waals surface area contributed by atoms with Crippen LogP contribution in [0.1, 0.15) is 16.7 Å². The molecule has 0 aliphatic carbocycles. The Balaban J connectivity index is 2.10. The van der Waals surface area contributed by atoms with Crippen molar-refractivity contribution in [2.45, 2.75) is 20.5 Å². The highest BCUT2D eigenvalue weighted by molar-refractivity contribution is 5.33. The lowest BCUT2D eigenvalue weighted by Gasteiger charge is -2.11. The predicted octanol–water partition coefficient (Wildman–Crippen LogP) is 4.02. The molecule has 0 atom stereocenters. The van der Waals surface area contributed by atoms with Crippen LogP contribution in [-0.2, 0) is 6.61 Å². The number of hydrogen-bond acceptors (Lipinski definition) is 1. The van der Waals surface area contributed by atoms with E-state index in [2.05, 4.69) is 26.0 Å². The Kier molecular flexibility index (Phi) is 3.43. The highest BCUT2D eigenvalue weighted by atomic mass is 19.1. The van der Waals surface area contributed by atoms with Crippen molar-refractivity contribution in [2.24, 2.45) is 0 Å². The monoisotopic (exact) mass is 230 g/mol. The second-order valence-corrected chi connectivity index (χ2v) is 4.11. The summed E-state index contributed by atoms with van der Waals surface area (Å²) in [5.74, 6) is 0.443. The van der Waals surface area contributed by atoms with Gasteiger partial charge in [-0.05, 0) is 54.8 Å². The van der Waals surface area contributed by atoms with Crippen LogP contribution in [0.25, 0.3) is 0 Å². The molecule has 88 valence electrons. The fourth-order valence-electron chi connectivity index (χ4n) is 1.76. The van der Waals surface area contributed by atoms with Crippen LogP contribution < -0.4 is 4.74 Å². The van der Waals surface area contributed by atoms with Gasteiger partial charge in [-0.3, -0.25) is 0 Å². The number of ether oxygens (including phenoxy) is 1. The van der Waals surface area contributed by atoms with Crippen molar-refractivity contribution in [1.29, 1.82) is 0 Å². The molecule has 0 aliphatic rings. The molecular weight excluding hydrogens is 215 g/mol. The smallest absolute Gasteiger partial charge is 0.123 e. The second kappa shape index (κ2) is 5.00. The normalized spacial score (nSPS) is 10.3. The molecule has 0 spiro atoms. The summed E-state index contributed by atoms with van der Waals surface area (Å²) in [6.07, 6.45) is 0. The Labute approximate surface area is 101 Å². The van der Waals surface area contributed by atoms with Gasteiger partial charge >= 0.3 is 0 Å². The van der Waals surface area contributed by atoms with Crippen LogP contribution in [0.5, 0.6) is 5.75 Å². The molecular formula is C15H15FO. The highest BCUT2D eigenvalue weighted by Crippen LogP contribution is 2.17. The van der Waals surface area contributed by atoms with Gasteiger partial charge in [-0.1, -0.05) is 18.2 Å². The highest BCUT2D eigenvalue weighted by Gasteiger charge is 2.03. The van der Waals surface area contributed by atoms with Crippen LogP contribution in [0.2, 0.25) is 0 Å². The van der Waals surface area contributed by atoms with Crippen LogP contribution in [0.3, 0.4) is 0 Å². The quantitative estimate of drug-likeness (QED) is 0.773. The maximum absolute atomic E-state index is 12.7. The molecule has 0 heterocycles. The predicted molar refractivity (Wildman–Crippen MR) is 66.6 cm³/mol. The van der Waals surface area contributed by atoms with Crippen molar-refractivity contribution in [1.82, 2.24) is 0 Å². The van der Waals surface area contributed by atoms with E-state index < -0.39 is 0 Å². The molecule has 2 heteroatoms.